The van der Waals surface area contributed by atoms with Crippen LogP contribution in [0.2, 0.25) is 0 Å². The highest BCUT2D eigenvalue weighted by molar-refractivity contribution is 7.89. The Bertz CT molecular complexity index is 654. The van der Waals surface area contributed by atoms with E-state index in [0.717, 1.165) is 10.6 Å². The SMILES string of the molecule is CCC(NS(=O)(=O)c1cccc(CN)c1)c1nccs1. The van der Waals surface area contributed by atoms with Gasteiger partial charge in [0.1, 0.15) is 5.01 Å². The molecule has 0 saturated heterocycles. The Morgan fingerprint density at radius 2 is 2.25 bits per heavy atom. The number of rotatable bonds is 6. The molecule has 1 aromatic heterocycles. The highest BCUT2D eigenvalue weighted by Crippen LogP contribution is 2.22. The second-order valence-corrected chi connectivity index (χ2v) is 6.94. The molecular weight excluding hydrogens is 294 g/mol. The summed E-state index contributed by atoms with van der Waals surface area (Å²) in [7, 11) is -3.57. The molecule has 0 aliphatic carbocycles. The first-order chi connectivity index (χ1) is 9.56. The van der Waals surface area contributed by atoms with Crippen molar-refractivity contribution in [1.29, 1.82) is 0 Å². The molecule has 108 valence electrons. The highest BCUT2D eigenvalue weighted by Gasteiger charge is 2.21. The lowest BCUT2D eigenvalue weighted by Gasteiger charge is -2.15. The topological polar surface area (TPSA) is 85.1 Å². The molecular formula is C13H17N3O2S2. The molecule has 0 saturated carbocycles. The summed E-state index contributed by atoms with van der Waals surface area (Å²) in [5, 5.41) is 2.60. The van der Waals surface area contributed by atoms with Crippen molar-refractivity contribution in [2.24, 2.45) is 5.73 Å². The van der Waals surface area contributed by atoms with Crippen molar-refractivity contribution in [3.05, 3.63) is 46.4 Å². The van der Waals surface area contributed by atoms with Gasteiger partial charge in [0.2, 0.25) is 10.0 Å². The average Bonchev–Trinajstić information content (AvgIpc) is 2.99. The largest absolute Gasteiger partial charge is 0.326 e. The number of hydrogen-bond donors (Lipinski definition) is 2. The van der Waals surface area contributed by atoms with Gasteiger partial charge in [0.05, 0.1) is 10.9 Å². The van der Waals surface area contributed by atoms with Crippen LogP contribution >= 0.6 is 11.3 Å². The van der Waals surface area contributed by atoms with Crippen molar-refractivity contribution in [2.45, 2.75) is 30.8 Å². The van der Waals surface area contributed by atoms with E-state index < -0.39 is 10.0 Å². The van der Waals surface area contributed by atoms with Gasteiger partial charge in [-0.25, -0.2) is 18.1 Å². The van der Waals surface area contributed by atoms with Crippen molar-refractivity contribution in [1.82, 2.24) is 9.71 Å². The molecule has 1 aromatic carbocycles. The van der Waals surface area contributed by atoms with Gasteiger partial charge in [-0.1, -0.05) is 19.1 Å². The number of aromatic nitrogens is 1. The Hall–Kier alpha value is -1.28. The molecule has 2 rings (SSSR count). The number of nitrogens with two attached hydrogens (primary N) is 1. The Morgan fingerprint density at radius 1 is 1.45 bits per heavy atom. The monoisotopic (exact) mass is 311 g/mol. The van der Waals surface area contributed by atoms with Crippen LogP contribution in [-0.4, -0.2) is 13.4 Å². The summed E-state index contributed by atoms with van der Waals surface area (Å²) in [4.78, 5) is 4.40. The van der Waals surface area contributed by atoms with Crippen molar-refractivity contribution in [3.63, 3.8) is 0 Å². The van der Waals surface area contributed by atoms with Crippen LogP contribution in [0.15, 0.2) is 40.7 Å². The predicted molar refractivity (Wildman–Crippen MR) is 79.8 cm³/mol. The fraction of sp³-hybridized carbons (Fsp3) is 0.308. The van der Waals surface area contributed by atoms with Crippen LogP contribution in [0.4, 0.5) is 0 Å². The minimum absolute atomic E-state index is 0.232. The lowest BCUT2D eigenvalue weighted by atomic mass is 10.2. The molecule has 0 aliphatic rings. The van der Waals surface area contributed by atoms with E-state index >= 15 is 0 Å². The van der Waals surface area contributed by atoms with E-state index in [2.05, 4.69) is 9.71 Å². The average molecular weight is 311 g/mol. The fourth-order valence-electron chi connectivity index (χ4n) is 1.81. The number of nitrogens with one attached hydrogen (secondary N) is 1. The third-order valence-corrected chi connectivity index (χ3v) is 5.26. The Balaban J connectivity index is 2.26. The standard InChI is InChI=1S/C13H17N3O2S2/c1-2-12(13-15-6-7-19-13)16-20(17,18)11-5-3-4-10(8-11)9-14/h3-8,12,16H,2,9,14H2,1H3. The maximum absolute atomic E-state index is 12.4. The van der Waals surface area contributed by atoms with Gasteiger partial charge >= 0.3 is 0 Å². The molecule has 3 N–H and O–H groups in total. The predicted octanol–water partition coefficient (Wildman–Crippen LogP) is 2.03. The van der Waals surface area contributed by atoms with Gasteiger partial charge < -0.3 is 5.73 Å². The molecule has 5 nitrogen and oxygen atoms in total. The van der Waals surface area contributed by atoms with Gasteiger partial charge in [0, 0.05) is 18.1 Å². The van der Waals surface area contributed by atoms with Crippen LogP contribution < -0.4 is 10.5 Å². The summed E-state index contributed by atoms with van der Waals surface area (Å²) in [6.07, 6.45) is 2.31. The van der Waals surface area contributed by atoms with Crippen LogP contribution in [-0.2, 0) is 16.6 Å². The number of hydrogen-bond acceptors (Lipinski definition) is 5. The summed E-state index contributed by atoms with van der Waals surface area (Å²) in [5.41, 5.74) is 6.33. The van der Waals surface area contributed by atoms with Gasteiger partial charge in [-0.15, -0.1) is 11.3 Å². The summed E-state index contributed by atoms with van der Waals surface area (Å²) in [5.74, 6) is 0. The number of thiazole rings is 1. The van der Waals surface area contributed by atoms with Gasteiger partial charge in [0.15, 0.2) is 0 Å². The zero-order valence-electron chi connectivity index (χ0n) is 11.1. The van der Waals surface area contributed by atoms with E-state index in [1.165, 1.54) is 11.3 Å². The molecule has 7 heteroatoms. The van der Waals surface area contributed by atoms with Gasteiger partial charge in [-0.2, -0.15) is 0 Å². The van der Waals surface area contributed by atoms with Gasteiger partial charge in [0.25, 0.3) is 0 Å². The molecule has 2 aromatic rings. The first-order valence-corrected chi connectivity index (χ1v) is 8.64. The van der Waals surface area contributed by atoms with Crippen LogP contribution in [0.25, 0.3) is 0 Å². The van der Waals surface area contributed by atoms with E-state index in [9.17, 15) is 8.42 Å². The Labute approximate surface area is 122 Å². The number of sulfonamides is 1. The molecule has 0 radical (unpaired) electrons. The first kappa shape index (κ1) is 15.1. The van der Waals surface area contributed by atoms with Gasteiger partial charge in [-0.3, -0.25) is 0 Å². The van der Waals surface area contributed by atoms with Crippen LogP contribution in [0.3, 0.4) is 0 Å². The molecule has 1 heterocycles. The number of nitrogens with zero attached hydrogens (tertiary/aromatic N) is 1. The summed E-state index contributed by atoms with van der Waals surface area (Å²) >= 11 is 1.44. The molecule has 0 fully saturated rings. The Morgan fingerprint density at radius 3 is 2.85 bits per heavy atom. The Kier molecular flexibility index (Phi) is 4.87. The quantitative estimate of drug-likeness (QED) is 0.855. The van der Waals surface area contributed by atoms with E-state index in [0.29, 0.717) is 13.0 Å². The highest BCUT2D eigenvalue weighted by atomic mass is 32.2. The van der Waals surface area contributed by atoms with Crippen LogP contribution in [0.1, 0.15) is 30.0 Å². The number of benzene rings is 1. The molecule has 1 atom stereocenters. The molecule has 0 aliphatic heterocycles. The van der Waals surface area contributed by atoms with Crippen LogP contribution in [0, 0.1) is 0 Å². The fourth-order valence-corrected chi connectivity index (χ4v) is 4.01. The zero-order chi connectivity index (χ0) is 14.6. The van der Waals surface area contributed by atoms with E-state index in [1.807, 2.05) is 12.3 Å². The second-order valence-electron chi connectivity index (χ2n) is 4.30. The first-order valence-electron chi connectivity index (χ1n) is 6.27. The minimum atomic E-state index is -3.57. The summed E-state index contributed by atoms with van der Waals surface area (Å²) < 4.78 is 27.5. The third kappa shape index (κ3) is 3.43. The van der Waals surface area contributed by atoms with Gasteiger partial charge in [-0.05, 0) is 24.1 Å². The van der Waals surface area contributed by atoms with E-state index in [1.54, 1.807) is 30.5 Å². The van der Waals surface area contributed by atoms with Crippen molar-refractivity contribution < 1.29 is 8.42 Å². The molecule has 0 bridgehead atoms. The summed E-state index contributed by atoms with van der Waals surface area (Å²) in [6.45, 7) is 2.23. The van der Waals surface area contributed by atoms with Crippen molar-refractivity contribution in [2.75, 3.05) is 0 Å². The molecule has 20 heavy (non-hydrogen) atoms. The lowest BCUT2D eigenvalue weighted by Crippen LogP contribution is -2.28. The summed E-state index contributed by atoms with van der Waals surface area (Å²) in [6, 6.07) is 6.35. The molecule has 0 amide bonds. The third-order valence-electron chi connectivity index (χ3n) is 2.90. The van der Waals surface area contributed by atoms with Crippen molar-refractivity contribution in [3.8, 4) is 0 Å². The minimum Gasteiger partial charge on any atom is -0.326 e. The second kappa shape index (κ2) is 6.45. The zero-order valence-corrected chi connectivity index (χ0v) is 12.7. The smallest absolute Gasteiger partial charge is 0.241 e. The van der Waals surface area contributed by atoms with Crippen LogP contribution in [0.5, 0.6) is 0 Å². The van der Waals surface area contributed by atoms with Crippen molar-refractivity contribution >= 4 is 21.4 Å². The lowest BCUT2D eigenvalue weighted by molar-refractivity contribution is 0.549. The normalized spacial score (nSPS) is 13.3. The van der Waals surface area contributed by atoms with E-state index in [4.69, 9.17) is 5.73 Å². The molecule has 1 unspecified atom stereocenters. The van der Waals surface area contributed by atoms with E-state index in [-0.39, 0.29) is 10.9 Å². The molecule has 0 spiro atoms. The maximum Gasteiger partial charge on any atom is 0.241 e. The maximum atomic E-state index is 12.4.